The second kappa shape index (κ2) is 5.03. The van der Waals surface area contributed by atoms with Crippen LogP contribution in [-0.2, 0) is 4.79 Å². The number of nitrogens with one attached hydrogen (secondary N) is 1. The summed E-state index contributed by atoms with van der Waals surface area (Å²) in [6, 6.07) is 3.78. The van der Waals surface area contributed by atoms with Crippen molar-refractivity contribution < 1.29 is 13.9 Å². The maximum atomic E-state index is 12.8. The van der Waals surface area contributed by atoms with Gasteiger partial charge in [-0.2, -0.15) is 0 Å². The van der Waals surface area contributed by atoms with Crippen molar-refractivity contribution in [2.45, 2.75) is 26.3 Å². The SMILES string of the molecule is CC(C)(C)NC(=O)COc1ccc(F)cc1N. The molecule has 0 radical (unpaired) electrons. The van der Waals surface area contributed by atoms with Crippen LogP contribution in [0.25, 0.3) is 0 Å². The van der Waals surface area contributed by atoms with Crippen molar-refractivity contribution in [1.29, 1.82) is 0 Å². The summed E-state index contributed by atoms with van der Waals surface area (Å²) >= 11 is 0. The highest BCUT2D eigenvalue weighted by Gasteiger charge is 2.14. The Labute approximate surface area is 100.0 Å². The highest BCUT2D eigenvalue weighted by atomic mass is 19.1. The summed E-state index contributed by atoms with van der Waals surface area (Å²) in [6.07, 6.45) is 0. The lowest BCUT2D eigenvalue weighted by Gasteiger charge is -2.20. The van der Waals surface area contributed by atoms with Crippen LogP contribution in [0.5, 0.6) is 5.75 Å². The molecule has 17 heavy (non-hydrogen) atoms. The van der Waals surface area contributed by atoms with Crippen LogP contribution < -0.4 is 15.8 Å². The van der Waals surface area contributed by atoms with Gasteiger partial charge in [0.1, 0.15) is 11.6 Å². The van der Waals surface area contributed by atoms with Crippen molar-refractivity contribution in [2.75, 3.05) is 12.3 Å². The second-order valence-corrected chi connectivity index (χ2v) is 4.77. The molecule has 0 saturated heterocycles. The first kappa shape index (κ1) is 13.3. The van der Waals surface area contributed by atoms with Gasteiger partial charge in [-0.25, -0.2) is 4.39 Å². The molecule has 0 unspecified atom stereocenters. The number of nitrogens with two attached hydrogens (primary N) is 1. The minimum atomic E-state index is -0.436. The summed E-state index contributed by atoms with van der Waals surface area (Å²) in [5.41, 5.74) is 5.40. The van der Waals surface area contributed by atoms with E-state index in [1.165, 1.54) is 12.1 Å². The van der Waals surface area contributed by atoms with E-state index in [1.807, 2.05) is 20.8 Å². The van der Waals surface area contributed by atoms with E-state index in [9.17, 15) is 9.18 Å². The van der Waals surface area contributed by atoms with Gasteiger partial charge in [0.05, 0.1) is 5.69 Å². The molecule has 0 aliphatic carbocycles. The highest BCUT2D eigenvalue weighted by molar-refractivity contribution is 5.78. The van der Waals surface area contributed by atoms with Gasteiger partial charge in [0.15, 0.2) is 6.61 Å². The number of amides is 1. The molecular weight excluding hydrogens is 223 g/mol. The molecule has 4 nitrogen and oxygen atoms in total. The van der Waals surface area contributed by atoms with Crippen LogP contribution in [0.1, 0.15) is 20.8 Å². The Kier molecular flexibility index (Phi) is 3.93. The maximum absolute atomic E-state index is 12.8. The normalized spacial score (nSPS) is 11.1. The van der Waals surface area contributed by atoms with Crippen LogP contribution in [0, 0.1) is 5.82 Å². The quantitative estimate of drug-likeness (QED) is 0.790. The maximum Gasteiger partial charge on any atom is 0.258 e. The number of ether oxygens (including phenoxy) is 1. The molecule has 1 aromatic carbocycles. The Morgan fingerprint density at radius 1 is 1.47 bits per heavy atom. The third-order valence-electron chi connectivity index (χ3n) is 1.85. The van der Waals surface area contributed by atoms with E-state index in [0.29, 0.717) is 5.75 Å². The van der Waals surface area contributed by atoms with E-state index in [-0.39, 0.29) is 23.7 Å². The molecule has 0 fully saturated rings. The van der Waals surface area contributed by atoms with Gasteiger partial charge in [-0.1, -0.05) is 0 Å². The number of hydrogen-bond acceptors (Lipinski definition) is 3. The van der Waals surface area contributed by atoms with Crippen LogP contribution >= 0.6 is 0 Å². The van der Waals surface area contributed by atoms with Gasteiger partial charge in [-0.15, -0.1) is 0 Å². The molecule has 1 aromatic rings. The molecule has 0 saturated carbocycles. The lowest BCUT2D eigenvalue weighted by molar-refractivity contribution is -0.124. The lowest BCUT2D eigenvalue weighted by atomic mass is 10.1. The Hall–Kier alpha value is -1.78. The van der Waals surface area contributed by atoms with Gasteiger partial charge >= 0.3 is 0 Å². The van der Waals surface area contributed by atoms with E-state index in [4.69, 9.17) is 10.5 Å². The topological polar surface area (TPSA) is 64.3 Å². The molecule has 1 amide bonds. The number of anilines is 1. The first-order valence-electron chi connectivity index (χ1n) is 5.27. The van der Waals surface area contributed by atoms with Gasteiger partial charge in [-0.3, -0.25) is 4.79 Å². The fourth-order valence-electron chi connectivity index (χ4n) is 1.25. The molecule has 3 N–H and O–H groups in total. The summed E-state index contributed by atoms with van der Waals surface area (Å²) < 4.78 is 17.9. The number of halogens is 1. The molecule has 0 spiro atoms. The van der Waals surface area contributed by atoms with E-state index in [1.54, 1.807) is 0 Å². The second-order valence-electron chi connectivity index (χ2n) is 4.77. The highest BCUT2D eigenvalue weighted by Crippen LogP contribution is 2.21. The minimum absolute atomic E-state index is 0.146. The van der Waals surface area contributed by atoms with E-state index < -0.39 is 5.82 Å². The molecule has 0 bridgehead atoms. The monoisotopic (exact) mass is 240 g/mol. The molecule has 0 aliphatic rings. The van der Waals surface area contributed by atoms with Gasteiger partial charge in [0.25, 0.3) is 5.91 Å². The summed E-state index contributed by atoms with van der Waals surface area (Å²) in [7, 11) is 0. The zero-order valence-corrected chi connectivity index (χ0v) is 10.2. The Morgan fingerprint density at radius 2 is 2.12 bits per heavy atom. The van der Waals surface area contributed by atoms with Crippen molar-refractivity contribution in [1.82, 2.24) is 5.32 Å². The predicted octanol–water partition coefficient (Wildman–Crippen LogP) is 1.70. The van der Waals surface area contributed by atoms with Gasteiger partial charge in [0.2, 0.25) is 0 Å². The first-order valence-corrected chi connectivity index (χ1v) is 5.27. The molecule has 94 valence electrons. The first-order chi connectivity index (χ1) is 7.78. The van der Waals surface area contributed by atoms with Crippen molar-refractivity contribution in [3.8, 4) is 5.75 Å². The Balaban J connectivity index is 2.53. The molecule has 0 aromatic heterocycles. The number of benzene rings is 1. The summed E-state index contributed by atoms with van der Waals surface area (Å²) in [4.78, 5) is 11.5. The standard InChI is InChI=1S/C12H17FN2O2/c1-12(2,3)15-11(16)7-17-10-5-4-8(13)6-9(10)14/h4-6H,7,14H2,1-3H3,(H,15,16). The molecule has 0 aliphatic heterocycles. The van der Waals surface area contributed by atoms with Crippen LogP contribution in [0.15, 0.2) is 18.2 Å². The third-order valence-corrected chi connectivity index (χ3v) is 1.85. The van der Waals surface area contributed by atoms with Crippen LogP contribution in [0.3, 0.4) is 0 Å². The Morgan fingerprint density at radius 3 is 2.65 bits per heavy atom. The fourth-order valence-corrected chi connectivity index (χ4v) is 1.25. The number of carbonyl (C=O) groups is 1. The molecule has 0 atom stereocenters. The van der Waals surface area contributed by atoms with Crippen LogP contribution in [-0.4, -0.2) is 18.1 Å². The molecule has 1 rings (SSSR count). The largest absolute Gasteiger partial charge is 0.482 e. The smallest absolute Gasteiger partial charge is 0.258 e. The number of rotatable bonds is 3. The zero-order chi connectivity index (χ0) is 13.1. The number of carbonyl (C=O) groups excluding carboxylic acids is 1. The van der Waals surface area contributed by atoms with Crippen molar-refractivity contribution in [3.05, 3.63) is 24.0 Å². The van der Waals surface area contributed by atoms with Crippen LogP contribution in [0.4, 0.5) is 10.1 Å². The number of hydrogen-bond donors (Lipinski definition) is 2. The summed E-state index contributed by atoms with van der Waals surface area (Å²) in [6.45, 7) is 5.47. The van der Waals surface area contributed by atoms with Crippen molar-refractivity contribution in [2.24, 2.45) is 0 Å². The molecular formula is C12H17FN2O2. The van der Waals surface area contributed by atoms with E-state index in [0.717, 1.165) is 6.07 Å². The Bertz CT molecular complexity index is 413. The lowest BCUT2D eigenvalue weighted by Crippen LogP contribution is -2.43. The van der Waals surface area contributed by atoms with Gasteiger partial charge in [0, 0.05) is 11.6 Å². The average molecular weight is 240 g/mol. The van der Waals surface area contributed by atoms with E-state index in [2.05, 4.69) is 5.32 Å². The zero-order valence-electron chi connectivity index (χ0n) is 10.2. The van der Waals surface area contributed by atoms with Gasteiger partial charge < -0.3 is 15.8 Å². The minimum Gasteiger partial charge on any atom is -0.482 e. The number of nitrogen functional groups attached to an aromatic ring is 1. The predicted molar refractivity (Wildman–Crippen MR) is 64.2 cm³/mol. The van der Waals surface area contributed by atoms with E-state index >= 15 is 0 Å². The average Bonchev–Trinajstić information content (AvgIpc) is 2.13. The van der Waals surface area contributed by atoms with Gasteiger partial charge in [-0.05, 0) is 32.9 Å². The summed E-state index contributed by atoms with van der Waals surface area (Å²) in [5, 5.41) is 2.74. The fraction of sp³-hybridized carbons (Fsp3) is 0.417. The molecule has 5 heteroatoms. The third kappa shape index (κ3) is 4.72. The van der Waals surface area contributed by atoms with Crippen molar-refractivity contribution in [3.63, 3.8) is 0 Å². The summed E-state index contributed by atoms with van der Waals surface area (Å²) in [5.74, 6) is -0.384. The molecule has 0 heterocycles. The van der Waals surface area contributed by atoms with Crippen LogP contribution in [0.2, 0.25) is 0 Å². The van der Waals surface area contributed by atoms with Crippen molar-refractivity contribution >= 4 is 11.6 Å².